The van der Waals surface area contributed by atoms with Crippen LogP contribution in [0.5, 0.6) is 0 Å². The average molecular weight is 709 g/mol. The van der Waals surface area contributed by atoms with Gasteiger partial charge in [0, 0.05) is 25.9 Å². The third-order valence-corrected chi connectivity index (χ3v) is 7.84. The Bertz CT molecular complexity index is 933. The van der Waals surface area contributed by atoms with Crippen LogP contribution in [0.4, 0.5) is 0 Å². The van der Waals surface area contributed by atoms with Gasteiger partial charge >= 0.3 is 33.6 Å². The molecule has 46 heavy (non-hydrogen) atoms. The highest BCUT2D eigenvalue weighted by molar-refractivity contribution is 7.47. The third kappa shape index (κ3) is 25.6. The minimum Gasteiger partial charge on any atom is -0.462 e. The van der Waals surface area contributed by atoms with Gasteiger partial charge in [0.2, 0.25) is 0 Å². The largest absolute Gasteiger partial charge is 0.472 e. The summed E-state index contributed by atoms with van der Waals surface area (Å²) in [5.41, 5.74) is 0. The summed E-state index contributed by atoms with van der Waals surface area (Å²) in [6.45, 7) is 4.47. The normalized spacial score (nSPS) is 16.1. The summed E-state index contributed by atoms with van der Waals surface area (Å²) in [7, 11) is -9.58. The zero-order valence-electron chi connectivity index (χ0n) is 27.5. The number of carbonyl (C=O) groups is 3. The summed E-state index contributed by atoms with van der Waals surface area (Å²) in [6, 6.07) is 0. The number of rotatable bonds is 30. The van der Waals surface area contributed by atoms with Gasteiger partial charge in [-0.1, -0.05) is 59.8 Å². The minimum absolute atomic E-state index is 0.00311. The molecule has 0 aromatic carbocycles. The maximum absolute atomic E-state index is 12.3. The van der Waals surface area contributed by atoms with Crippen molar-refractivity contribution in [3.05, 3.63) is 0 Å². The molecular formula is C28H54O16P2. The molecule has 16 nitrogen and oxygen atoms in total. The maximum atomic E-state index is 12.3. The Morgan fingerprint density at radius 1 is 0.587 bits per heavy atom. The predicted molar refractivity (Wildman–Crippen MR) is 164 cm³/mol. The van der Waals surface area contributed by atoms with Crippen LogP contribution in [0.2, 0.25) is 0 Å². The molecule has 0 saturated carbocycles. The molecule has 5 atom stereocenters. The van der Waals surface area contributed by atoms with E-state index in [-0.39, 0.29) is 25.9 Å². The van der Waals surface area contributed by atoms with Gasteiger partial charge in [0.15, 0.2) is 6.10 Å². The highest BCUT2D eigenvalue weighted by Crippen LogP contribution is 2.45. The minimum atomic E-state index is -4.83. The van der Waals surface area contributed by atoms with Crippen LogP contribution >= 0.6 is 15.6 Å². The zero-order chi connectivity index (χ0) is 34.8. The molecule has 0 aromatic rings. The van der Waals surface area contributed by atoms with Gasteiger partial charge in [0.25, 0.3) is 0 Å². The molecule has 0 rings (SSSR count). The summed E-state index contributed by atoms with van der Waals surface area (Å²) in [6.07, 6.45) is 2.99. The first-order valence-corrected chi connectivity index (χ1v) is 18.8. The van der Waals surface area contributed by atoms with Gasteiger partial charge in [-0.25, -0.2) is 9.13 Å². The van der Waals surface area contributed by atoms with Gasteiger partial charge < -0.3 is 33.8 Å². The van der Waals surface area contributed by atoms with Crippen molar-refractivity contribution in [1.82, 2.24) is 0 Å². The SMILES string of the molecule is CCCCCCC(=O)OC[C@H](COP(=O)(O)OC[C@H](O)COP(=O)(O)OC[C@@H](COCCCC)OC(=O)CCCC)OC(=O)CC. The molecule has 0 bridgehead atoms. The third-order valence-electron chi connectivity index (χ3n) is 5.94. The van der Waals surface area contributed by atoms with Gasteiger partial charge in [-0.2, -0.15) is 0 Å². The number of hydrogen-bond donors (Lipinski definition) is 3. The van der Waals surface area contributed by atoms with Crippen LogP contribution in [0, 0.1) is 0 Å². The first kappa shape index (κ1) is 44.5. The van der Waals surface area contributed by atoms with Gasteiger partial charge in [-0.15, -0.1) is 0 Å². The smallest absolute Gasteiger partial charge is 0.462 e. The Morgan fingerprint density at radius 2 is 1.09 bits per heavy atom. The lowest BCUT2D eigenvalue weighted by atomic mass is 10.2. The van der Waals surface area contributed by atoms with Crippen molar-refractivity contribution < 1.29 is 75.4 Å². The molecule has 0 aliphatic carbocycles. The molecular weight excluding hydrogens is 654 g/mol. The fourth-order valence-electron chi connectivity index (χ4n) is 3.32. The van der Waals surface area contributed by atoms with E-state index in [2.05, 4.69) is 0 Å². The Balaban J connectivity index is 4.76. The first-order valence-electron chi connectivity index (χ1n) is 15.8. The van der Waals surface area contributed by atoms with Crippen molar-refractivity contribution in [3.8, 4) is 0 Å². The summed E-state index contributed by atoms with van der Waals surface area (Å²) in [5.74, 6) is -1.69. The van der Waals surface area contributed by atoms with E-state index in [9.17, 15) is 38.4 Å². The molecule has 0 radical (unpaired) electrons. The van der Waals surface area contributed by atoms with Crippen molar-refractivity contribution in [2.24, 2.45) is 0 Å². The van der Waals surface area contributed by atoms with Crippen LogP contribution in [0.3, 0.4) is 0 Å². The van der Waals surface area contributed by atoms with Crippen molar-refractivity contribution in [3.63, 3.8) is 0 Å². The summed E-state index contributed by atoms with van der Waals surface area (Å²) in [5, 5.41) is 10.1. The quantitative estimate of drug-likeness (QED) is 0.0408. The van der Waals surface area contributed by atoms with E-state index in [1.165, 1.54) is 6.92 Å². The number of aliphatic hydroxyl groups excluding tert-OH is 1. The Hall–Kier alpha value is -1.45. The lowest BCUT2D eigenvalue weighted by molar-refractivity contribution is -0.161. The predicted octanol–water partition coefficient (Wildman–Crippen LogP) is 4.37. The van der Waals surface area contributed by atoms with Crippen LogP contribution in [-0.2, 0) is 60.6 Å². The van der Waals surface area contributed by atoms with E-state index in [1.807, 2.05) is 20.8 Å². The number of carbonyl (C=O) groups excluding carboxylic acids is 3. The van der Waals surface area contributed by atoms with Crippen molar-refractivity contribution in [1.29, 1.82) is 0 Å². The zero-order valence-corrected chi connectivity index (χ0v) is 29.3. The molecule has 0 spiro atoms. The van der Waals surface area contributed by atoms with Crippen LogP contribution < -0.4 is 0 Å². The van der Waals surface area contributed by atoms with E-state index < -0.39 is 84.9 Å². The van der Waals surface area contributed by atoms with Gasteiger partial charge in [-0.05, 0) is 19.3 Å². The van der Waals surface area contributed by atoms with E-state index >= 15 is 0 Å². The summed E-state index contributed by atoms with van der Waals surface area (Å²) >= 11 is 0. The maximum Gasteiger partial charge on any atom is 0.472 e. The van der Waals surface area contributed by atoms with Crippen molar-refractivity contribution >= 4 is 33.6 Å². The molecule has 0 heterocycles. The summed E-state index contributed by atoms with van der Waals surface area (Å²) < 4.78 is 64.7. The van der Waals surface area contributed by atoms with Crippen LogP contribution in [0.15, 0.2) is 0 Å². The van der Waals surface area contributed by atoms with E-state index in [1.54, 1.807) is 0 Å². The molecule has 0 aliphatic heterocycles. The number of aliphatic hydroxyl groups is 1. The average Bonchev–Trinajstić information content (AvgIpc) is 3.02. The second-order valence-electron chi connectivity index (χ2n) is 10.4. The van der Waals surface area contributed by atoms with Crippen molar-refractivity contribution in [2.75, 3.05) is 46.2 Å². The molecule has 2 unspecified atom stereocenters. The number of phosphoric acid groups is 2. The molecule has 3 N–H and O–H groups in total. The fraction of sp³-hybridized carbons (Fsp3) is 0.893. The van der Waals surface area contributed by atoms with Crippen LogP contribution in [-0.4, -0.2) is 97.4 Å². The van der Waals surface area contributed by atoms with E-state index in [0.717, 1.165) is 38.5 Å². The fourth-order valence-corrected chi connectivity index (χ4v) is 4.90. The number of hydrogen-bond acceptors (Lipinski definition) is 14. The molecule has 0 aromatic heterocycles. The topological polar surface area (TPSA) is 220 Å². The standard InChI is InChI=1S/C28H54O16P2/c1-5-9-12-13-15-27(31)38-20-25(43-26(30)8-4)22-42-46(35,36)40-18-23(29)17-39-45(33,34)41-21-24(19-37-16-11-7-3)44-28(32)14-10-6-2/h23-25,29H,5-22H2,1-4H3,(H,33,34)(H,35,36)/t23-,24-,25-/m1/s1. The number of ether oxygens (including phenoxy) is 4. The van der Waals surface area contributed by atoms with E-state index in [0.29, 0.717) is 19.4 Å². The highest BCUT2D eigenvalue weighted by Gasteiger charge is 2.29. The molecule has 18 heteroatoms. The molecule has 272 valence electrons. The second kappa shape index (κ2) is 26.5. The Morgan fingerprint density at radius 3 is 1.63 bits per heavy atom. The Kier molecular flexibility index (Phi) is 25.7. The molecule has 0 aliphatic rings. The van der Waals surface area contributed by atoms with Crippen LogP contribution in [0.1, 0.15) is 98.3 Å². The monoisotopic (exact) mass is 708 g/mol. The van der Waals surface area contributed by atoms with Gasteiger partial charge in [0.05, 0.1) is 33.0 Å². The summed E-state index contributed by atoms with van der Waals surface area (Å²) in [4.78, 5) is 55.7. The first-order chi connectivity index (χ1) is 21.8. The molecule has 0 amide bonds. The Labute approximate surface area is 271 Å². The lowest BCUT2D eigenvalue weighted by Gasteiger charge is -2.21. The highest BCUT2D eigenvalue weighted by atomic mass is 31.2. The van der Waals surface area contributed by atoms with E-state index in [4.69, 9.17) is 37.0 Å². The van der Waals surface area contributed by atoms with Gasteiger partial charge in [-0.3, -0.25) is 32.5 Å². The van der Waals surface area contributed by atoms with Crippen molar-refractivity contribution in [2.45, 2.75) is 117 Å². The number of esters is 3. The molecule has 0 fully saturated rings. The number of phosphoric ester groups is 2. The second-order valence-corrected chi connectivity index (χ2v) is 13.3. The molecule has 0 saturated heterocycles. The number of unbranched alkanes of at least 4 members (excludes halogenated alkanes) is 5. The van der Waals surface area contributed by atoms with Crippen LogP contribution in [0.25, 0.3) is 0 Å². The van der Waals surface area contributed by atoms with Gasteiger partial charge in [0.1, 0.15) is 18.8 Å². The lowest BCUT2D eigenvalue weighted by Crippen LogP contribution is -2.29.